The van der Waals surface area contributed by atoms with E-state index in [4.69, 9.17) is 16.3 Å². The summed E-state index contributed by atoms with van der Waals surface area (Å²) < 4.78 is 5.24. The Morgan fingerprint density at radius 2 is 1.81 bits per heavy atom. The van der Waals surface area contributed by atoms with Crippen molar-refractivity contribution in [2.45, 2.75) is 31.7 Å². The Balaban J connectivity index is 1.57. The minimum atomic E-state index is -0.242. The molecule has 0 aromatic heterocycles. The average Bonchev–Trinajstić information content (AvgIpc) is 3.18. The van der Waals surface area contributed by atoms with Crippen LogP contribution in [-0.2, 0) is 9.59 Å². The number of benzene rings is 2. The van der Waals surface area contributed by atoms with Gasteiger partial charge in [0.15, 0.2) is 0 Å². The van der Waals surface area contributed by atoms with Crippen molar-refractivity contribution >= 4 is 29.1 Å². The molecule has 0 radical (unpaired) electrons. The summed E-state index contributed by atoms with van der Waals surface area (Å²) in [5, 5.41) is 6.84. The second-order valence-electron chi connectivity index (χ2n) is 8.11. The zero-order chi connectivity index (χ0) is 22.0. The molecular formula is C24H26ClN3O3. The molecule has 0 spiro atoms. The van der Waals surface area contributed by atoms with Crippen LogP contribution in [0.2, 0.25) is 5.02 Å². The molecule has 0 saturated heterocycles. The van der Waals surface area contributed by atoms with Gasteiger partial charge in [-0.25, -0.2) is 5.01 Å². The molecule has 0 bridgehead atoms. The molecule has 1 aliphatic heterocycles. The number of hydrazone groups is 1. The van der Waals surface area contributed by atoms with Crippen LogP contribution < -0.4 is 4.74 Å². The molecule has 1 saturated carbocycles. The van der Waals surface area contributed by atoms with Gasteiger partial charge in [0.1, 0.15) is 12.3 Å². The van der Waals surface area contributed by atoms with E-state index >= 15 is 0 Å². The van der Waals surface area contributed by atoms with E-state index in [9.17, 15) is 9.59 Å². The monoisotopic (exact) mass is 439 g/mol. The van der Waals surface area contributed by atoms with E-state index in [2.05, 4.69) is 5.10 Å². The minimum Gasteiger partial charge on any atom is -0.497 e. The van der Waals surface area contributed by atoms with Crippen LogP contribution in [0.1, 0.15) is 42.9 Å². The van der Waals surface area contributed by atoms with E-state index in [1.54, 1.807) is 14.2 Å². The molecule has 162 valence electrons. The van der Waals surface area contributed by atoms with E-state index in [1.165, 1.54) is 9.91 Å². The van der Waals surface area contributed by atoms with E-state index < -0.39 is 0 Å². The Hall–Kier alpha value is -2.86. The number of methoxy groups -OCH3 is 1. The van der Waals surface area contributed by atoms with Crippen LogP contribution in [0.15, 0.2) is 53.6 Å². The number of halogens is 1. The van der Waals surface area contributed by atoms with Crippen molar-refractivity contribution < 1.29 is 14.3 Å². The number of hydrogen-bond donors (Lipinski definition) is 0. The lowest BCUT2D eigenvalue weighted by Crippen LogP contribution is -2.42. The molecule has 0 N–H and O–H groups in total. The summed E-state index contributed by atoms with van der Waals surface area (Å²) in [6.45, 7) is 0.0127. The fourth-order valence-electron chi connectivity index (χ4n) is 3.96. The van der Waals surface area contributed by atoms with Gasteiger partial charge in [-0.1, -0.05) is 30.2 Å². The largest absolute Gasteiger partial charge is 0.497 e. The van der Waals surface area contributed by atoms with Crippen LogP contribution in [0.5, 0.6) is 5.75 Å². The second-order valence-corrected chi connectivity index (χ2v) is 8.54. The molecule has 4 rings (SSSR count). The highest BCUT2D eigenvalue weighted by Gasteiger charge is 2.35. The molecule has 0 unspecified atom stereocenters. The van der Waals surface area contributed by atoms with E-state index in [0.29, 0.717) is 11.4 Å². The van der Waals surface area contributed by atoms with E-state index in [0.717, 1.165) is 41.9 Å². The van der Waals surface area contributed by atoms with Gasteiger partial charge in [0.25, 0.3) is 5.91 Å². The lowest BCUT2D eigenvalue weighted by Gasteiger charge is -2.30. The SMILES string of the molecule is COc1ccc(C2=NN(C(=O)CN(C)C(=O)C3CCC3)[C@H](c3ccc(Cl)cc3)C2)cc1. The molecular weight excluding hydrogens is 414 g/mol. The molecule has 31 heavy (non-hydrogen) atoms. The number of nitrogens with zero attached hydrogens (tertiary/aromatic N) is 3. The van der Waals surface area contributed by atoms with Crippen LogP contribution in [-0.4, -0.2) is 48.1 Å². The van der Waals surface area contributed by atoms with E-state index in [-0.39, 0.29) is 30.3 Å². The molecule has 1 fully saturated rings. The van der Waals surface area contributed by atoms with Crippen molar-refractivity contribution in [3.05, 3.63) is 64.7 Å². The van der Waals surface area contributed by atoms with Crippen LogP contribution >= 0.6 is 11.6 Å². The lowest BCUT2D eigenvalue weighted by atomic mass is 9.84. The highest BCUT2D eigenvalue weighted by Crippen LogP contribution is 2.34. The first-order chi connectivity index (χ1) is 15.0. The maximum Gasteiger partial charge on any atom is 0.262 e. The number of carbonyl (C=O) groups excluding carboxylic acids is 2. The Labute approximate surface area is 187 Å². The van der Waals surface area contributed by atoms with Crippen molar-refractivity contribution in [3.8, 4) is 5.75 Å². The molecule has 6 nitrogen and oxygen atoms in total. The summed E-state index contributed by atoms with van der Waals surface area (Å²) in [7, 11) is 3.32. The first-order valence-corrected chi connectivity index (χ1v) is 10.9. The maximum absolute atomic E-state index is 13.2. The third kappa shape index (κ3) is 4.59. The maximum atomic E-state index is 13.2. The smallest absolute Gasteiger partial charge is 0.262 e. The van der Waals surface area contributed by atoms with Crippen LogP contribution in [0.3, 0.4) is 0 Å². The highest BCUT2D eigenvalue weighted by molar-refractivity contribution is 6.30. The predicted molar refractivity (Wildman–Crippen MR) is 120 cm³/mol. The first kappa shape index (κ1) is 21.4. The van der Waals surface area contributed by atoms with Crippen molar-refractivity contribution in [1.82, 2.24) is 9.91 Å². The van der Waals surface area contributed by atoms with Gasteiger partial charge in [-0.3, -0.25) is 9.59 Å². The number of ether oxygens (including phenoxy) is 1. The number of likely N-dealkylation sites (N-methyl/N-ethyl adjacent to an activating group) is 1. The zero-order valence-electron chi connectivity index (χ0n) is 17.8. The molecule has 1 aliphatic carbocycles. The molecule has 2 amide bonds. The number of rotatable bonds is 6. The Morgan fingerprint density at radius 1 is 1.13 bits per heavy atom. The lowest BCUT2D eigenvalue weighted by molar-refractivity contribution is -0.144. The second kappa shape index (κ2) is 9.10. The van der Waals surface area contributed by atoms with Crippen molar-refractivity contribution in [2.75, 3.05) is 20.7 Å². The van der Waals surface area contributed by atoms with E-state index in [1.807, 2.05) is 48.5 Å². The Morgan fingerprint density at radius 3 is 2.39 bits per heavy atom. The fourth-order valence-corrected chi connectivity index (χ4v) is 4.09. The van der Waals surface area contributed by atoms with Gasteiger partial charge in [0.2, 0.25) is 5.91 Å². The van der Waals surface area contributed by atoms with Gasteiger partial charge in [-0.15, -0.1) is 0 Å². The number of carbonyl (C=O) groups is 2. The molecule has 7 heteroatoms. The fraction of sp³-hybridized carbons (Fsp3) is 0.375. The zero-order valence-corrected chi connectivity index (χ0v) is 18.5. The summed E-state index contributed by atoms with van der Waals surface area (Å²) in [5.74, 6) is 0.669. The summed E-state index contributed by atoms with van der Waals surface area (Å²) >= 11 is 6.06. The Kier molecular flexibility index (Phi) is 6.28. The third-order valence-electron chi connectivity index (χ3n) is 6.05. The highest BCUT2D eigenvalue weighted by atomic mass is 35.5. The molecule has 2 aromatic carbocycles. The summed E-state index contributed by atoms with van der Waals surface area (Å²) in [5.41, 5.74) is 2.72. The standard InChI is InChI=1S/C24H26ClN3O3/c1-27(24(30)18-4-3-5-18)15-23(29)28-22(17-6-10-19(25)11-7-17)14-21(26-28)16-8-12-20(31-2)13-9-16/h6-13,18,22H,3-5,14-15H2,1-2H3/t22-/m0/s1. The van der Waals surface area contributed by atoms with Crippen molar-refractivity contribution in [3.63, 3.8) is 0 Å². The molecule has 1 atom stereocenters. The summed E-state index contributed by atoms with van der Waals surface area (Å²) in [6, 6.07) is 14.9. The van der Waals surface area contributed by atoms with Crippen LogP contribution in [0, 0.1) is 5.92 Å². The quantitative estimate of drug-likeness (QED) is 0.674. The van der Waals surface area contributed by atoms with Crippen molar-refractivity contribution in [1.29, 1.82) is 0 Å². The van der Waals surface area contributed by atoms with Gasteiger partial charge in [-0.05, 0) is 60.4 Å². The first-order valence-electron chi connectivity index (χ1n) is 10.5. The van der Waals surface area contributed by atoms with Gasteiger partial charge >= 0.3 is 0 Å². The third-order valence-corrected chi connectivity index (χ3v) is 6.30. The van der Waals surface area contributed by atoms with Crippen LogP contribution in [0.4, 0.5) is 0 Å². The predicted octanol–water partition coefficient (Wildman–Crippen LogP) is 4.28. The van der Waals surface area contributed by atoms with Gasteiger partial charge < -0.3 is 9.64 Å². The molecule has 2 aliphatic rings. The van der Waals surface area contributed by atoms with Gasteiger partial charge in [-0.2, -0.15) is 5.10 Å². The molecule has 2 aromatic rings. The minimum absolute atomic E-state index is 0.0127. The topological polar surface area (TPSA) is 62.2 Å². The van der Waals surface area contributed by atoms with Crippen LogP contribution in [0.25, 0.3) is 0 Å². The normalized spacial score (nSPS) is 18.4. The average molecular weight is 440 g/mol. The Bertz CT molecular complexity index is 984. The molecule has 1 heterocycles. The summed E-state index contributed by atoms with van der Waals surface area (Å²) in [4.78, 5) is 27.2. The van der Waals surface area contributed by atoms with Crippen molar-refractivity contribution in [2.24, 2.45) is 11.0 Å². The summed E-state index contributed by atoms with van der Waals surface area (Å²) in [6.07, 6.45) is 3.49. The van der Waals surface area contributed by atoms with Gasteiger partial charge in [0.05, 0.1) is 18.9 Å². The number of hydrogen-bond acceptors (Lipinski definition) is 4. The number of amides is 2. The van der Waals surface area contributed by atoms with Gasteiger partial charge in [0, 0.05) is 24.4 Å².